The number of nitrogens with zero attached hydrogens (tertiary/aromatic N) is 1. The van der Waals surface area contributed by atoms with Gasteiger partial charge in [-0.1, -0.05) is 35.4 Å². The summed E-state index contributed by atoms with van der Waals surface area (Å²) in [4.78, 5) is 0. The molecular formula is C22H32Br2CoN3. The van der Waals surface area contributed by atoms with Gasteiger partial charge in [-0.05, 0) is 74.9 Å². The molecule has 6 heteroatoms. The van der Waals surface area contributed by atoms with Crippen LogP contribution in [0.25, 0.3) is 5.32 Å². The molecule has 0 saturated carbocycles. The van der Waals surface area contributed by atoms with Gasteiger partial charge in [0.05, 0.1) is 0 Å². The summed E-state index contributed by atoms with van der Waals surface area (Å²) in [6.45, 7) is 13.9. The van der Waals surface area contributed by atoms with Crippen molar-refractivity contribution in [3.05, 3.63) is 74.1 Å². The Balaban J connectivity index is 0.00000122. The predicted octanol–water partition coefficient (Wildman–Crippen LogP) is 6.30. The molecule has 0 bridgehead atoms. The van der Waals surface area contributed by atoms with Crippen molar-refractivity contribution in [2.24, 2.45) is 11.5 Å². The van der Waals surface area contributed by atoms with Crippen LogP contribution in [0.2, 0.25) is 0 Å². The van der Waals surface area contributed by atoms with Crippen molar-refractivity contribution in [3.8, 4) is 0 Å². The Hall–Kier alpha value is -0.214. The molecule has 2 unspecified atom stereocenters. The van der Waals surface area contributed by atoms with Crippen LogP contribution in [0, 0.1) is 41.5 Å². The molecule has 0 aromatic heterocycles. The molecular weight excluding hydrogens is 525 g/mol. The summed E-state index contributed by atoms with van der Waals surface area (Å²) in [6.07, 6.45) is 0. The third kappa shape index (κ3) is 7.56. The predicted molar refractivity (Wildman–Crippen MR) is 126 cm³/mol. The summed E-state index contributed by atoms with van der Waals surface area (Å²) >= 11 is 7.12. The minimum atomic E-state index is -0.0759. The zero-order valence-corrected chi connectivity index (χ0v) is 21.8. The number of hydrogen-bond donors (Lipinski definition) is 2. The van der Waals surface area contributed by atoms with Crippen molar-refractivity contribution in [2.45, 2.75) is 53.6 Å². The van der Waals surface area contributed by atoms with Gasteiger partial charge in [-0.3, -0.25) is 0 Å². The molecule has 0 aliphatic rings. The van der Waals surface area contributed by atoms with Gasteiger partial charge in [0.15, 0.2) is 0 Å². The molecule has 0 aliphatic heterocycles. The Morgan fingerprint density at radius 3 is 1.21 bits per heavy atom. The SMILES string of the molecule is Cc1cc(C)c(C(N)C[N-]CC(N)c2c(C)cc(C)cc2C)c(C)c1.[Br][Co+][Br]. The van der Waals surface area contributed by atoms with E-state index in [4.69, 9.17) is 11.5 Å². The van der Waals surface area contributed by atoms with Crippen LogP contribution in [0.5, 0.6) is 0 Å². The first-order valence-corrected chi connectivity index (χ1v) is 14.4. The molecule has 2 aromatic rings. The van der Waals surface area contributed by atoms with E-state index in [1.165, 1.54) is 44.5 Å². The van der Waals surface area contributed by atoms with E-state index in [-0.39, 0.29) is 12.1 Å². The normalized spacial score (nSPS) is 13.1. The van der Waals surface area contributed by atoms with Gasteiger partial charge >= 0.3 is 39.5 Å². The molecule has 28 heavy (non-hydrogen) atoms. The zero-order chi connectivity index (χ0) is 21.4. The summed E-state index contributed by atoms with van der Waals surface area (Å²) < 4.78 is 0. The molecule has 0 radical (unpaired) electrons. The van der Waals surface area contributed by atoms with Gasteiger partial charge in [0.1, 0.15) is 0 Å². The number of halogens is 2. The molecule has 2 rings (SSSR count). The maximum absolute atomic E-state index is 6.42. The summed E-state index contributed by atoms with van der Waals surface area (Å²) in [5, 5.41) is 4.68. The van der Waals surface area contributed by atoms with Crippen molar-refractivity contribution in [1.82, 2.24) is 0 Å². The van der Waals surface area contributed by atoms with Crippen LogP contribution in [0.15, 0.2) is 24.3 Å². The monoisotopic (exact) mass is 555 g/mol. The molecule has 0 saturated heterocycles. The van der Waals surface area contributed by atoms with Gasteiger partial charge in [0, 0.05) is 12.1 Å². The number of nitrogens with two attached hydrogens (primary N) is 2. The standard InChI is InChI=1S/C22H32N3.2BrH.Co/c1-13-7-15(3)21(16(4)8-13)19(23)11-25-12-20(24)22-17(5)9-14(2)10-18(22)6;;;/h7-10,19-20H,11-12,23-24H2,1-6H3;2*1H;/q-1;;;+3/p-2. The topological polar surface area (TPSA) is 66.1 Å². The van der Waals surface area contributed by atoms with Gasteiger partial charge in [-0.25, -0.2) is 0 Å². The maximum atomic E-state index is 6.42. The summed E-state index contributed by atoms with van der Waals surface area (Å²) in [7, 11) is 0. The average molecular weight is 557 g/mol. The van der Waals surface area contributed by atoms with E-state index in [0.29, 0.717) is 13.1 Å². The van der Waals surface area contributed by atoms with Crippen molar-refractivity contribution in [2.75, 3.05) is 13.1 Å². The molecule has 0 spiro atoms. The first-order chi connectivity index (χ1) is 13.1. The quantitative estimate of drug-likeness (QED) is 0.438. The molecule has 2 atom stereocenters. The van der Waals surface area contributed by atoms with Crippen molar-refractivity contribution >= 4 is 28.3 Å². The van der Waals surface area contributed by atoms with Gasteiger partial charge < -0.3 is 16.8 Å². The zero-order valence-electron chi connectivity index (χ0n) is 17.6. The summed E-state index contributed by atoms with van der Waals surface area (Å²) in [5.41, 5.74) is 22.8. The van der Waals surface area contributed by atoms with E-state index in [2.05, 4.69) is 99.5 Å². The summed E-state index contributed by atoms with van der Waals surface area (Å²) in [5.74, 6) is 0. The summed E-state index contributed by atoms with van der Waals surface area (Å²) in [6, 6.07) is 8.60. The fourth-order valence-electron chi connectivity index (χ4n) is 4.09. The Morgan fingerprint density at radius 1 is 0.714 bits per heavy atom. The average Bonchev–Trinajstić information content (AvgIpc) is 2.53. The van der Waals surface area contributed by atoms with Crippen LogP contribution in [0.4, 0.5) is 0 Å². The van der Waals surface area contributed by atoms with E-state index in [9.17, 15) is 0 Å². The van der Waals surface area contributed by atoms with Crippen molar-refractivity contribution in [3.63, 3.8) is 0 Å². The molecule has 0 aliphatic carbocycles. The third-order valence-corrected chi connectivity index (χ3v) is 4.87. The van der Waals surface area contributed by atoms with E-state index < -0.39 is 0 Å². The minimum absolute atomic E-state index is 0.0759. The van der Waals surface area contributed by atoms with Gasteiger partial charge in [-0.15, -0.1) is 13.1 Å². The molecule has 158 valence electrons. The van der Waals surface area contributed by atoms with Gasteiger partial charge in [-0.2, -0.15) is 0 Å². The van der Waals surface area contributed by atoms with E-state index in [1.54, 1.807) is 0 Å². The first kappa shape index (κ1) is 25.8. The van der Waals surface area contributed by atoms with Crippen molar-refractivity contribution < 1.29 is 11.1 Å². The van der Waals surface area contributed by atoms with Crippen LogP contribution in [0.1, 0.15) is 56.6 Å². The first-order valence-electron chi connectivity index (χ1n) is 9.25. The molecule has 0 fully saturated rings. The molecule has 0 amide bonds. The molecule has 0 heterocycles. The second-order valence-corrected chi connectivity index (χ2v) is 12.7. The Kier molecular flexibility index (Phi) is 11.5. The fraction of sp³-hybridized carbons (Fsp3) is 0.455. The van der Waals surface area contributed by atoms with Crippen LogP contribution in [0.3, 0.4) is 0 Å². The van der Waals surface area contributed by atoms with Crippen LogP contribution >= 0.6 is 28.3 Å². The Bertz CT molecular complexity index is 671. The van der Waals surface area contributed by atoms with E-state index in [1.807, 2.05) is 0 Å². The van der Waals surface area contributed by atoms with Gasteiger partial charge in [0.25, 0.3) is 0 Å². The second kappa shape index (κ2) is 12.5. The fourth-order valence-corrected chi connectivity index (χ4v) is 4.09. The number of benzene rings is 2. The van der Waals surface area contributed by atoms with Crippen molar-refractivity contribution in [1.29, 1.82) is 0 Å². The second-order valence-electron chi connectivity index (χ2n) is 7.47. The number of aryl methyl sites for hydroxylation is 6. The van der Waals surface area contributed by atoms with Crippen LogP contribution in [-0.2, 0) is 11.1 Å². The van der Waals surface area contributed by atoms with Crippen LogP contribution in [-0.4, -0.2) is 13.1 Å². The Labute approximate surface area is 190 Å². The van der Waals surface area contributed by atoms with E-state index >= 15 is 0 Å². The Morgan fingerprint density at radius 2 is 0.964 bits per heavy atom. The molecule has 3 nitrogen and oxygen atoms in total. The molecule has 2 aromatic carbocycles. The number of rotatable bonds is 6. The van der Waals surface area contributed by atoms with E-state index in [0.717, 1.165) is 11.1 Å². The van der Waals surface area contributed by atoms with Gasteiger partial charge in [0.2, 0.25) is 0 Å². The number of hydrogen-bond acceptors (Lipinski definition) is 2. The third-order valence-electron chi connectivity index (χ3n) is 4.87. The van der Waals surface area contributed by atoms with Crippen LogP contribution < -0.4 is 11.5 Å². The molecule has 4 N–H and O–H groups in total.